The van der Waals surface area contributed by atoms with E-state index in [1.807, 2.05) is 0 Å². The lowest BCUT2D eigenvalue weighted by molar-refractivity contribution is -0.0210. The largest absolute Gasteiger partial charge is 0.374 e. The minimum atomic E-state index is 0.136. The van der Waals surface area contributed by atoms with E-state index in [9.17, 15) is 0 Å². The van der Waals surface area contributed by atoms with Gasteiger partial charge in [0, 0.05) is 38.3 Å². The van der Waals surface area contributed by atoms with Crippen LogP contribution in [0.15, 0.2) is 0 Å². The van der Waals surface area contributed by atoms with Gasteiger partial charge in [0.05, 0.1) is 5.60 Å². The van der Waals surface area contributed by atoms with Crippen molar-refractivity contribution in [3.63, 3.8) is 0 Å². The zero-order valence-corrected chi connectivity index (χ0v) is 11.1. The minimum absolute atomic E-state index is 0.136. The molecule has 1 spiro atoms. The molecule has 3 nitrogen and oxygen atoms in total. The van der Waals surface area contributed by atoms with E-state index in [0.717, 1.165) is 19.7 Å². The van der Waals surface area contributed by atoms with E-state index in [1.54, 1.807) is 0 Å². The molecule has 1 saturated carbocycles. The van der Waals surface area contributed by atoms with Gasteiger partial charge in [0.1, 0.15) is 0 Å². The molecule has 3 aliphatic rings. The first-order valence-electron chi connectivity index (χ1n) is 7.31. The quantitative estimate of drug-likeness (QED) is 0.793. The van der Waals surface area contributed by atoms with E-state index in [2.05, 4.69) is 17.1 Å². The fraction of sp³-hybridized carbons (Fsp3) is 1.00. The van der Waals surface area contributed by atoms with Gasteiger partial charge in [-0.05, 0) is 32.6 Å². The van der Waals surface area contributed by atoms with Gasteiger partial charge in [-0.25, -0.2) is 0 Å². The third-order valence-corrected chi connectivity index (χ3v) is 4.87. The van der Waals surface area contributed by atoms with Crippen LogP contribution in [-0.4, -0.2) is 48.8 Å². The molecule has 2 aliphatic heterocycles. The molecule has 0 aromatic rings. The number of rotatable bonds is 2. The molecule has 17 heavy (non-hydrogen) atoms. The molecule has 0 bridgehead atoms. The SMILES string of the molecule is CC1(CN2CCNC3(CCCC3)C2)CCCO1. The predicted molar refractivity (Wildman–Crippen MR) is 69.2 cm³/mol. The zero-order chi connectivity index (χ0) is 11.8. The van der Waals surface area contributed by atoms with Crippen molar-refractivity contribution in [2.75, 3.05) is 32.8 Å². The van der Waals surface area contributed by atoms with Crippen LogP contribution in [0.25, 0.3) is 0 Å². The predicted octanol–water partition coefficient (Wildman–Crippen LogP) is 1.77. The van der Waals surface area contributed by atoms with Crippen LogP contribution in [0.3, 0.4) is 0 Å². The van der Waals surface area contributed by atoms with E-state index in [4.69, 9.17) is 4.74 Å². The summed E-state index contributed by atoms with van der Waals surface area (Å²) >= 11 is 0. The Morgan fingerprint density at radius 3 is 2.71 bits per heavy atom. The van der Waals surface area contributed by atoms with Crippen LogP contribution in [0.4, 0.5) is 0 Å². The zero-order valence-electron chi connectivity index (χ0n) is 11.1. The molecule has 3 fully saturated rings. The molecule has 1 atom stereocenters. The molecule has 3 rings (SSSR count). The second-order valence-electron chi connectivity index (χ2n) is 6.53. The van der Waals surface area contributed by atoms with Crippen molar-refractivity contribution < 1.29 is 4.74 Å². The highest BCUT2D eigenvalue weighted by atomic mass is 16.5. The highest BCUT2D eigenvalue weighted by Gasteiger charge is 2.40. The van der Waals surface area contributed by atoms with Gasteiger partial charge in [0.25, 0.3) is 0 Å². The summed E-state index contributed by atoms with van der Waals surface area (Å²) in [6, 6.07) is 0. The van der Waals surface area contributed by atoms with E-state index in [0.29, 0.717) is 5.54 Å². The molecule has 1 N–H and O–H groups in total. The van der Waals surface area contributed by atoms with Crippen LogP contribution < -0.4 is 5.32 Å². The normalized spacial score (nSPS) is 37.9. The standard InChI is InChI=1S/C14H26N2O/c1-13(5-4-10-17-13)11-16-9-8-15-14(12-16)6-2-3-7-14/h15H,2-12H2,1H3. The lowest BCUT2D eigenvalue weighted by Gasteiger charge is -2.44. The van der Waals surface area contributed by atoms with Crippen LogP contribution in [0, 0.1) is 0 Å². The van der Waals surface area contributed by atoms with Crippen molar-refractivity contribution in [1.82, 2.24) is 10.2 Å². The van der Waals surface area contributed by atoms with Crippen molar-refractivity contribution in [3.8, 4) is 0 Å². The summed E-state index contributed by atoms with van der Waals surface area (Å²) in [5.41, 5.74) is 0.588. The lowest BCUT2D eigenvalue weighted by atomic mass is 9.93. The summed E-state index contributed by atoms with van der Waals surface area (Å²) in [6.07, 6.45) is 8.06. The third-order valence-electron chi connectivity index (χ3n) is 4.87. The van der Waals surface area contributed by atoms with Gasteiger partial charge in [-0.3, -0.25) is 4.90 Å². The maximum Gasteiger partial charge on any atom is 0.0781 e. The number of nitrogens with one attached hydrogen (secondary N) is 1. The molecule has 1 unspecified atom stereocenters. The minimum Gasteiger partial charge on any atom is -0.374 e. The second-order valence-corrected chi connectivity index (χ2v) is 6.53. The number of hydrogen-bond donors (Lipinski definition) is 1. The van der Waals surface area contributed by atoms with Gasteiger partial charge in [-0.15, -0.1) is 0 Å². The number of nitrogens with zero attached hydrogens (tertiary/aromatic N) is 1. The summed E-state index contributed by atoms with van der Waals surface area (Å²) in [5.74, 6) is 0. The average Bonchev–Trinajstić information content (AvgIpc) is 2.89. The Labute approximate surface area is 105 Å². The Balaban J connectivity index is 1.60. The van der Waals surface area contributed by atoms with Gasteiger partial charge in [-0.1, -0.05) is 12.8 Å². The Kier molecular flexibility index (Phi) is 3.18. The summed E-state index contributed by atoms with van der Waals surface area (Å²) in [4.78, 5) is 2.65. The summed E-state index contributed by atoms with van der Waals surface area (Å²) in [5, 5.41) is 3.78. The van der Waals surface area contributed by atoms with E-state index < -0.39 is 0 Å². The first kappa shape index (κ1) is 11.9. The smallest absolute Gasteiger partial charge is 0.0781 e. The topological polar surface area (TPSA) is 24.5 Å². The van der Waals surface area contributed by atoms with Crippen molar-refractivity contribution in [2.45, 2.75) is 56.6 Å². The van der Waals surface area contributed by atoms with Crippen LogP contribution >= 0.6 is 0 Å². The fourth-order valence-corrected chi connectivity index (χ4v) is 4.00. The highest BCUT2D eigenvalue weighted by Crippen LogP contribution is 2.33. The Morgan fingerprint density at radius 1 is 1.18 bits per heavy atom. The van der Waals surface area contributed by atoms with Gasteiger partial charge in [0.15, 0.2) is 0 Å². The van der Waals surface area contributed by atoms with Gasteiger partial charge in [-0.2, -0.15) is 0 Å². The average molecular weight is 238 g/mol. The van der Waals surface area contributed by atoms with Crippen molar-refractivity contribution >= 4 is 0 Å². The van der Waals surface area contributed by atoms with E-state index in [1.165, 1.54) is 51.6 Å². The Morgan fingerprint density at radius 2 is 2.00 bits per heavy atom. The molecule has 0 amide bonds. The Hall–Kier alpha value is -0.120. The second kappa shape index (κ2) is 4.52. The van der Waals surface area contributed by atoms with Gasteiger partial charge >= 0.3 is 0 Å². The maximum absolute atomic E-state index is 5.93. The summed E-state index contributed by atoms with van der Waals surface area (Å²) in [7, 11) is 0. The van der Waals surface area contributed by atoms with Crippen LogP contribution in [-0.2, 0) is 4.74 Å². The molecule has 2 saturated heterocycles. The highest BCUT2D eigenvalue weighted by molar-refractivity contribution is 4.99. The molecule has 0 aromatic carbocycles. The third kappa shape index (κ3) is 2.51. The van der Waals surface area contributed by atoms with Gasteiger partial charge in [0.2, 0.25) is 0 Å². The summed E-state index contributed by atoms with van der Waals surface area (Å²) in [6.45, 7) is 8.00. The molecule has 98 valence electrons. The van der Waals surface area contributed by atoms with E-state index in [-0.39, 0.29) is 5.60 Å². The lowest BCUT2D eigenvalue weighted by Crippen LogP contribution is -2.60. The van der Waals surface area contributed by atoms with Crippen LogP contribution in [0.2, 0.25) is 0 Å². The molecular formula is C14H26N2O. The number of piperazine rings is 1. The molecule has 0 radical (unpaired) electrons. The first-order chi connectivity index (χ1) is 8.20. The molecule has 2 heterocycles. The number of ether oxygens (including phenoxy) is 1. The van der Waals surface area contributed by atoms with Gasteiger partial charge < -0.3 is 10.1 Å². The number of hydrogen-bond acceptors (Lipinski definition) is 3. The molecular weight excluding hydrogens is 212 g/mol. The van der Waals surface area contributed by atoms with Crippen molar-refractivity contribution in [1.29, 1.82) is 0 Å². The van der Waals surface area contributed by atoms with Crippen LogP contribution in [0.1, 0.15) is 45.4 Å². The molecule has 1 aliphatic carbocycles. The molecule has 3 heteroatoms. The monoisotopic (exact) mass is 238 g/mol. The Bertz CT molecular complexity index is 265. The molecule has 0 aromatic heterocycles. The fourth-order valence-electron chi connectivity index (χ4n) is 4.00. The van der Waals surface area contributed by atoms with Crippen molar-refractivity contribution in [2.24, 2.45) is 0 Å². The first-order valence-corrected chi connectivity index (χ1v) is 7.31. The van der Waals surface area contributed by atoms with Crippen molar-refractivity contribution in [3.05, 3.63) is 0 Å². The summed E-state index contributed by atoms with van der Waals surface area (Å²) < 4.78 is 5.93. The van der Waals surface area contributed by atoms with E-state index >= 15 is 0 Å². The maximum atomic E-state index is 5.93. The van der Waals surface area contributed by atoms with Crippen LogP contribution in [0.5, 0.6) is 0 Å².